The van der Waals surface area contributed by atoms with Crippen molar-refractivity contribution in [1.82, 2.24) is 4.98 Å². The third kappa shape index (κ3) is 2.12. The van der Waals surface area contributed by atoms with Crippen LogP contribution < -0.4 is 10.5 Å². The topological polar surface area (TPSA) is 48.1 Å². The highest BCUT2D eigenvalue weighted by molar-refractivity contribution is 5.85. The van der Waals surface area contributed by atoms with E-state index in [0.29, 0.717) is 0 Å². The summed E-state index contributed by atoms with van der Waals surface area (Å²) in [5, 5.41) is 2.22. The van der Waals surface area contributed by atoms with Crippen molar-refractivity contribution in [3.8, 4) is 5.75 Å². The molecule has 0 saturated heterocycles. The zero-order valence-electron chi connectivity index (χ0n) is 11.3. The van der Waals surface area contributed by atoms with Crippen molar-refractivity contribution < 1.29 is 4.74 Å². The lowest BCUT2D eigenvalue weighted by Gasteiger charge is -2.16. The van der Waals surface area contributed by atoms with Gasteiger partial charge in [0.2, 0.25) is 0 Å². The summed E-state index contributed by atoms with van der Waals surface area (Å²) in [7, 11) is 1.65. The van der Waals surface area contributed by atoms with Gasteiger partial charge in [-0.15, -0.1) is 0 Å². The van der Waals surface area contributed by atoms with Crippen LogP contribution in [0.4, 0.5) is 0 Å². The molecule has 1 unspecified atom stereocenters. The fourth-order valence-electron chi connectivity index (χ4n) is 2.46. The number of methoxy groups -OCH3 is 1. The van der Waals surface area contributed by atoms with E-state index in [1.165, 1.54) is 0 Å². The van der Waals surface area contributed by atoms with Gasteiger partial charge in [0.05, 0.1) is 18.8 Å². The summed E-state index contributed by atoms with van der Waals surface area (Å²) < 4.78 is 5.39. The number of para-hydroxylation sites is 1. The summed E-state index contributed by atoms with van der Waals surface area (Å²) in [5.74, 6) is 0.787. The lowest BCUT2D eigenvalue weighted by molar-refractivity contribution is 0.407. The lowest BCUT2D eigenvalue weighted by atomic mass is 9.98. The number of pyridine rings is 1. The number of fused-ring (bicyclic) bond motifs is 1. The molecule has 0 aliphatic heterocycles. The Morgan fingerprint density at radius 2 is 1.75 bits per heavy atom. The Balaban J connectivity index is 2.15. The van der Waals surface area contributed by atoms with E-state index in [-0.39, 0.29) is 6.04 Å². The number of benzene rings is 2. The van der Waals surface area contributed by atoms with Gasteiger partial charge in [-0.05, 0) is 17.5 Å². The Morgan fingerprint density at radius 1 is 1.00 bits per heavy atom. The first kappa shape index (κ1) is 12.6. The summed E-state index contributed by atoms with van der Waals surface area (Å²) in [6.07, 6.45) is 1.80. The van der Waals surface area contributed by atoms with Gasteiger partial charge < -0.3 is 10.5 Å². The van der Waals surface area contributed by atoms with E-state index < -0.39 is 0 Å². The van der Waals surface area contributed by atoms with Crippen LogP contribution in [0.3, 0.4) is 0 Å². The van der Waals surface area contributed by atoms with E-state index in [9.17, 15) is 0 Å². The van der Waals surface area contributed by atoms with E-state index in [1.807, 2.05) is 48.5 Å². The van der Waals surface area contributed by atoms with Crippen LogP contribution in [0.1, 0.15) is 17.3 Å². The van der Waals surface area contributed by atoms with Crippen molar-refractivity contribution in [2.75, 3.05) is 7.11 Å². The molecule has 0 aliphatic carbocycles. The summed E-state index contributed by atoms with van der Waals surface area (Å²) in [6.45, 7) is 0. The molecular weight excluding hydrogens is 248 g/mol. The quantitative estimate of drug-likeness (QED) is 0.789. The molecule has 0 saturated carbocycles. The van der Waals surface area contributed by atoms with Crippen molar-refractivity contribution >= 4 is 10.8 Å². The Kier molecular flexibility index (Phi) is 3.35. The first-order valence-electron chi connectivity index (χ1n) is 6.53. The van der Waals surface area contributed by atoms with Gasteiger partial charge >= 0.3 is 0 Å². The molecule has 1 heterocycles. The fourth-order valence-corrected chi connectivity index (χ4v) is 2.46. The highest BCUT2D eigenvalue weighted by Crippen LogP contribution is 2.30. The number of nitrogens with two attached hydrogens (primary N) is 1. The third-order valence-electron chi connectivity index (χ3n) is 3.47. The summed E-state index contributed by atoms with van der Waals surface area (Å²) >= 11 is 0. The summed E-state index contributed by atoms with van der Waals surface area (Å²) in [6, 6.07) is 17.6. The SMILES string of the molecule is COc1ccccc1C(N)c1nccc2ccccc12. The van der Waals surface area contributed by atoms with Gasteiger partial charge in [-0.2, -0.15) is 0 Å². The second kappa shape index (κ2) is 5.31. The number of aromatic nitrogens is 1. The van der Waals surface area contributed by atoms with Crippen LogP contribution in [-0.2, 0) is 0 Å². The number of nitrogens with zero attached hydrogens (tertiary/aromatic N) is 1. The van der Waals surface area contributed by atoms with Crippen molar-refractivity contribution in [1.29, 1.82) is 0 Å². The Bertz CT molecular complexity index is 734. The molecule has 3 heteroatoms. The fraction of sp³-hybridized carbons (Fsp3) is 0.118. The molecule has 1 atom stereocenters. The molecule has 2 aromatic carbocycles. The molecule has 0 bridgehead atoms. The zero-order valence-corrected chi connectivity index (χ0v) is 11.3. The summed E-state index contributed by atoms with van der Waals surface area (Å²) in [5.41, 5.74) is 8.23. The molecule has 1 aromatic heterocycles. The van der Waals surface area contributed by atoms with Gasteiger partial charge in [-0.1, -0.05) is 42.5 Å². The number of rotatable bonds is 3. The average Bonchev–Trinajstić information content (AvgIpc) is 2.53. The van der Waals surface area contributed by atoms with Crippen LogP contribution in [0.25, 0.3) is 10.8 Å². The first-order valence-corrected chi connectivity index (χ1v) is 6.53. The van der Waals surface area contributed by atoms with Crippen LogP contribution in [0.15, 0.2) is 60.8 Å². The zero-order chi connectivity index (χ0) is 13.9. The summed E-state index contributed by atoms with van der Waals surface area (Å²) in [4.78, 5) is 4.48. The number of hydrogen-bond donors (Lipinski definition) is 1. The molecule has 0 aliphatic rings. The van der Waals surface area contributed by atoms with Gasteiger partial charge in [0, 0.05) is 17.1 Å². The monoisotopic (exact) mass is 264 g/mol. The maximum Gasteiger partial charge on any atom is 0.124 e. The van der Waals surface area contributed by atoms with Gasteiger partial charge in [0.15, 0.2) is 0 Å². The molecule has 0 amide bonds. The number of ether oxygens (including phenoxy) is 1. The Morgan fingerprint density at radius 3 is 2.60 bits per heavy atom. The second-order valence-electron chi connectivity index (χ2n) is 4.64. The smallest absolute Gasteiger partial charge is 0.124 e. The van der Waals surface area contributed by atoms with Gasteiger partial charge in [0.1, 0.15) is 5.75 Å². The van der Waals surface area contributed by atoms with Gasteiger partial charge in [-0.25, -0.2) is 0 Å². The standard InChI is InChI=1S/C17H16N2O/c1-20-15-9-5-4-8-14(15)16(18)17-13-7-3-2-6-12(13)10-11-19-17/h2-11,16H,18H2,1H3. The van der Waals surface area contributed by atoms with Crippen molar-refractivity contribution in [2.24, 2.45) is 5.73 Å². The van der Waals surface area contributed by atoms with Crippen LogP contribution in [0.5, 0.6) is 5.75 Å². The minimum absolute atomic E-state index is 0.308. The second-order valence-corrected chi connectivity index (χ2v) is 4.64. The van der Waals surface area contributed by atoms with Crippen LogP contribution >= 0.6 is 0 Å². The molecule has 0 radical (unpaired) electrons. The highest BCUT2D eigenvalue weighted by Gasteiger charge is 2.16. The van der Waals surface area contributed by atoms with Crippen LogP contribution in [0.2, 0.25) is 0 Å². The molecule has 3 aromatic rings. The third-order valence-corrected chi connectivity index (χ3v) is 3.47. The Hall–Kier alpha value is -2.39. The maximum absolute atomic E-state index is 6.42. The molecule has 100 valence electrons. The first-order chi connectivity index (χ1) is 9.81. The molecular formula is C17H16N2O. The van der Waals surface area contributed by atoms with E-state index >= 15 is 0 Å². The molecule has 20 heavy (non-hydrogen) atoms. The maximum atomic E-state index is 6.42. The molecule has 0 spiro atoms. The lowest BCUT2D eigenvalue weighted by Crippen LogP contribution is -2.15. The minimum Gasteiger partial charge on any atom is -0.496 e. The Labute approximate surface area is 118 Å². The largest absolute Gasteiger partial charge is 0.496 e. The van der Waals surface area contributed by atoms with Crippen LogP contribution in [0, 0.1) is 0 Å². The predicted molar refractivity (Wildman–Crippen MR) is 80.8 cm³/mol. The van der Waals surface area contributed by atoms with Crippen molar-refractivity contribution in [3.63, 3.8) is 0 Å². The van der Waals surface area contributed by atoms with E-state index in [0.717, 1.165) is 27.8 Å². The van der Waals surface area contributed by atoms with E-state index in [2.05, 4.69) is 11.1 Å². The predicted octanol–water partition coefficient (Wildman–Crippen LogP) is 3.29. The highest BCUT2D eigenvalue weighted by atomic mass is 16.5. The molecule has 3 nitrogen and oxygen atoms in total. The van der Waals surface area contributed by atoms with Gasteiger partial charge in [-0.3, -0.25) is 4.98 Å². The average molecular weight is 264 g/mol. The van der Waals surface area contributed by atoms with Crippen molar-refractivity contribution in [2.45, 2.75) is 6.04 Å². The molecule has 0 fully saturated rings. The van der Waals surface area contributed by atoms with E-state index in [1.54, 1.807) is 13.3 Å². The molecule has 3 rings (SSSR count). The van der Waals surface area contributed by atoms with Crippen LogP contribution in [-0.4, -0.2) is 12.1 Å². The van der Waals surface area contributed by atoms with Gasteiger partial charge in [0.25, 0.3) is 0 Å². The number of hydrogen-bond acceptors (Lipinski definition) is 3. The molecule has 2 N–H and O–H groups in total. The van der Waals surface area contributed by atoms with E-state index in [4.69, 9.17) is 10.5 Å². The van der Waals surface area contributed by atoms with Crippen molar-refractivity contribution in [3.05, 3.63) is 72.1 Å². The minimum atomic E-state index is -0.308. The normalized spacial score (nSPS) is 12.3.